The van der Waals surface area contributed by atoms with Crippen molar-refractivity contribution in [2.24, 2.45) is 0 Å². The number of piperidine rings is 1. The van der Waals surface area contributed by atoms with Crippen LogP contribution in [0.15, 0.2) is 22.7 Å². The van der Waals surface area contributed by atoms with Crippen molar-refractivity contribution in [3.8, 4) is 5.75 Å². The first-order valence-electron chi connectivity index (χ1n) is 5.85. The van der Waals surface area contributed by atoms with Gasteiger partial charge in [-0.05, 0) is 43.1 Å². The highest BCUT2D eigenvalue weighted by Gasteiger charge is 2.32. The summed E-state index contributed by atoms with van der Waals surface area (Å²) in [5.41, 5.74) is -0.222. The van der Waals surface area contributed by atoms with Gasteiger partial charge in [0.15, 0.2) is 0 Å². The summed E-state index contributed by atoms with van der Waals surface area (Å²) in [6.45, 7) is 1.35. The zero-order valence-electron chi connectivity index (χ0n) is 9.93. The van der Waals surface area contributed by atoms with Gasteiger partial charge in [0.2, 0.25) is 0 Å². The van der Waals surface area contributed by atoms with Gasteiger partial charge in [0.1, 0.15) is 11.4 Å². The average molecular weight is 302 g/mol. The van der Waals surface area contributed by atoms with E-state index in [1.54, 1.807) is 7.11 Å². The van der Waals surface area contributed by atoms with Gasteiger partial charge in [0.05, 0.1) is 7.11 Å². The largest absolute Gasteiger partial charge is 0.496 e. The highest BCUT2D eigenvalue weighted by atomic mass is 79.9. The molecule has 0 bridgehead atoms. The summed E-state index contributed by atoms with van der Waals surface area (Å²) in [4.78, 5) is 0. The molecule has 1 heterocycles. The maximum atomic E-state index is 14.6. The lowest BCUT2D eigenvalue weighted by atomic mass is 9.89. The van der Waals surface area contributed by atoms with Crippen molar-refractivity contribution in [2.75, 3.05) is 20.2 Å². The number of hydrogen-bond acceptors (Lipinski definition) is 2. The van der Waals surface area contributed by atoms with E-state index >= 15 is 0 Å². The molecular weight excluding hydrogens is 285 g/mol. The monoisotopic (exact) mass is 301 g/mol. The minimum atomic E-state index is -1.15. The fourth-order valence-corrected chi connectivity index (χ4v) is 2.72. The number of hydrogen-bond donors (Lipinski definition) is 1. The summed E-state index contributed by atoms with van der Waals surface area (Å²) < 4.78 is 20.8. The summed E-state index contributed by atoms with van der Waals surface area (Å²) in [6, 6.07) is 5.72. The average Bonchev–Trinajstić information content (AvgIpc) is 2.29. The Labute approximate surface area is 110 Å². The van der Waals surface area contributed by atoms with Crippen LogP contribution in [0.4, 0.5) is 4.39 Å². The second-order valence-corrected chi connectivity index (χ2v) is 5.48. The normalized spacial score (nSPS) is 24.6. The van der Waals surface area contributed by atoms with Crippen LogP contribution in [-0.4, -0.2) is 25.9 Å². The van der Waals surface area contributed by atoms with Crippen molar-refractivity contribution in [1.82, 2.24) is 5.32 Å². The number of alkyl halides is 1. The summed E-state index contributed by atoms with van der Waals surface area (Å²) in [7, 11) is 1.62. The van der Waals surface area contributed by atoms with Gasteiger partial charge in [-0.3, -0.25) is 0 Å². The molecule has 0 saturated carbocycles. The van der Waals surface area contributed by atoms with Gasteiger partial charge in [0, 0.05) is 17.4 Å². The van der Waals surface area contributed by atoms with Gasteiger partial charge < -0.3 is 10.1 Å². The minimum absolute atomic E-state index is 0.405. The van der Waals surface area contributed by atoms with E-state index in [0.29, 0.717) is 19.4 Å². The first-order valence-corrected chi connectivity index (χ1v) is 6.64. The molecule has 0 amide bonds. The van der Waals surface area contributed by atoms with Crippen molar-refractivity contribution in [2.45, 2.75) is 24.9 Å². The van der Waals surface area contributed by atoms with Gasteiger partial charge in [-0.2, -0.15) is 0 Å². The molecule has 0 radical (unpaired) electrons. The lowest BCUT2D eigenvalue weighted by Crippen LogP contribution is -2.43. The van der Waals surface area contributed by atoms with E-state index in [0.717, 1.165) is 28.8 Å². The Bertz CT molecular complexity index is 391. The molecule has 1 aromatic rings. The van der Waals surface area contributed by atoms with Crippen molar-refractivity contribution in [1.29, 1.82) is 0 Å². The molecule has 1 aliphatic rings. The van der Waals surface area contributed by atoms with Crippen molar-refractivity contribution in [3.63, 3.8) is 0 Å². The minimum Gasteiger partial charge on any atom is -0.496 e. The fourth-order valence-electron chi connectivity index (χ4n) is 2.31. The highest BCUT2D eigenvalue weighted by molar-refractivity contribution is 9.10. The van der Waals surface area contributed by atoms with Crippen LogP contribution in [0.25, 0.3) is 0 Å². The smallest absolute Gasteiger partial charge is 0.127 e. The van der Waals surface area contributed by atoms with E-state index in [4.69, 9.17) is 4.74 Å². The molecule has 1 atom stereocenters. The van der Waals surface area contributed by atoms with Gasteiger partial charge in [-0.15, -0.1) is 0 Å². The molecule has 1 aliphatic heterocycles. The van der Waals surface area contributed by atoms with Crippen LogP contribution >= 0.6 is 15.9 Å². The number of ether oxygens (including phenoxy) is 1. The molecule has 94 valence electrons. The van der Waals surface area contributed by atoms with E-state index in [1.165, 1.54) is 0 Å². The summed E-state index contributed by atoms with van der Waals surface area (Å²) in [6.07, 6.45) is 1.92. The maximum absolute atomic E-state index is 14.6. The van der Waals surface area contributed by atoms with Crippen molar-refractivity contribution < 1.29 is 9.13 Å². The first-order chi connectivity index (χ1) is 8.13. The van der Waals surface area contributed by atoms with Crippen molar-refractivity contribution in [3.05, 3.63) is 28.2 Å². The molecule has 4 heteroatoms. The SMILES string of the molecule is COc1ccc(Br)cc1CC1(F)CCCNC1. The number of benzene rings is 1. The molecule has 0 aliphatic carbocycles. The topological polar surface area (TPSA) is 21.3 Å². The second kappa shape index (κ2) is 5.36. The molecule has 1 aromatic carbocycles. The summed E-state index contributed by atoms with van der Waals surface area (Å²) in [5, 5.41) is 3.12. The zero-order chi connectivity index (χ0) is 12.3. The first kappa shape index (κ1) is 12.8. The predicted octanol–water partition coefficient (Wildman–Crippen LogP) is 3.09. The van der Waals surface area contributed by atoms with Crippen LogP contribution < -0.4 is 10.1 Å². The summed E-state index contributed by atoms with van der Waals surface area (Å²) >= 11 is 3.41. The van der Waals surface area contributed by atoms with Gasteiger partial charge in [-0.25, -0.2) is 4.39 Å². The third-order valence-corrected chi connectivity index (χ3v) is 3.66. The predicted molar refractivity (Wildman–Crippen MR) is 70.3 cm³/mol. The fraction of sp³-hybridized carbons (Fsp3) is 0.538. The lowest BCUT2D eigenvalue weighted by Gasteiger charge is -2.30. The lowest BCUT2D eigenvalue weighted by molar-refractivity contribution is 0.121. The zero-order valence-corrected chi connectivity index (χ0v) is 11.5. The molecule has 0 spiro atoms. The van der Waals surface area contributed by atoms with Crippen LogP contribution in [0.3, 0.4) is 0 Å². The van der Waals surface area contributed by atoms with E-state index in [-0.39, 0.29) is 0 Å². The molecular formula is C13H17BrFNO. The maximum Gasteiger partial charge on any atom is 0.127 e. The van der Waals surface area contributed by atoms with Crippen LogP contribution in [0, 0.1) is 0 Å². The Morgan fingerprint density at radius 2 is 2.35 bits per heavy atom. The van der Waals surface area contributed by atoms with Crippen molar-refractivity contribution >= 4 is 15.9 Å². The molecule has 0 aromatic heterocycles. The molecule has 1 fully saturated rings. The number of methoxy groups -OCH3 is 1. The van der Waals surface area contributed by atoms with E-state index in [9.17, 15) is 4.39 Å². The molecule has 2 rings (SSSR count). The van der Waals surface area contributed by atoms with E-state index in [2.05, 4.69) is 21.2 Å². The van der Waals surface area contributed by atoms with E-state index < -0.39 is 5.67 Å². The van der Waals surface area contributed by atoms with Gasteiger partial charge in [-0.1, -0.05) is 15.9 Å². The van der Waals surface area contributed by atoms with E-state index in [1.807, 2.05) is 18.2 Å². The van der Waals surface area contributed by atoms with Crippen LogP contribution in [0.2, 0.25) is 0 Å². The van der Waals surface area contributed by atoms with Crippen LogP contribution in [-0.2, 0) is 6.42 Å². The van der Waals surface area contributed by atoms with Gasteiger partial charge >= 0.3 is 0 Å². The Hall–Kier alpha value is -0.610. The van der Waals surface area contributed by atoms with Crippen LogP contribution in [0.1, 0.15) is 18.4 Å². The Balaban J connectivity index is 2.19. The molecule has 1 N–H and O–H groups in total. The number of nitrogens with one attached hydrogen (secondary N) is 1. The number of rotatable bonds is 3. The molecule has 1 saturated heterocycles. The third-order valence-electron chi connectivity index (χ3n) is 3.17. The number of halogens is 2. The summed E-state index contributed by atoms with van der Waals surface area (Å²) in [5.74, 6) is 0.760. The standard InChI is InChI=1S/C13H17BrFNO/c1-17-12-4-3-11(14)7-10(12)8-13(15)5-2-6-16-9-13/h3-4,7,16H,2,5-6,8-9H2,1H3. The van der Waals surface area contributed by atoms with Gasteiger partial charge in [0.25, 0.3) is 0 Å². The Kier molecular flexibility index (Phi) is 4.05. The highest BCUT2D eigenvalue weighted by Crippen LogP contribution is 2.31. The molecule has 17 heavy (non-hydrogen) atoms. The quantitative estimate of drug-likeness (QED) is 0.926. The molecule has 2 nitrogen and oxygen atoms in total. The van der Waals surface area contributed by atoms with Crippen LogP contribution in [0.5, 0.6) is 5.75 Å². The Morgan fingerprint density at radius 3 is 3.00 bits per heavy atom. The third kappa shape index (κ3) is 3.19. The second-order valence-electron chi connectivity index (χ2n) is 4.56. The Morgan fingerprint density at radius 1 is 1.53 bits per heavy atom. The molecule has 1 unspecified atom stereocenters.